The molecule has 9 heteroatoms. The van der Waals surface area contributed by atoms with E-state index in [1.165, 1.54) is 431 Å². The Morgan fingerprint density at radius 3 is 0.548 bits per heavy atom. The number of ether oxygens (including phenoxy) is 3. The number of rotatable bonds is 0. The van der Waals surface area contributed by atoms with Gasteiger partial charge in [-0.05, 0) is 351 Å². The van der Waals surface area contributed by atoms with Gasteiger partial charge in [-0.25, -0.2) is 0 Å². The van der Waals surface area contributed by atoms with E-state index in [4.69, 9.17) is 14.2 Å². The molecule has 0 amide bonds. The van der Waals surface area contributed by atoms with Crippen molar-refractivity contribution < 1.29 is 14.2 Å². The lowest BCUT2D eigenvalue weighted by Crippen LogP contribution is -2.44. The van der Waals surface area contributed by atoms with Crippen molar-refractivity contribution >= 4 is 35.3 Å². The van der Waals surface area contributed by atoms with Gasteiger partial charge in [-0.1, -0.05) is 327 Å². The summed E-state index contributed by atoms with van der Waals surface area (Å²) < 4.78 is 15.4. The number of thioether (sulfide) groups is 3. The fourth-order valence-electron chi connectivity index (χ4n) is 25.4. The zero-order valence-electron chi connectivity index (χ0n) is 83.8. The van der Waals surface area contributed by atoms with Crippen LogP contribution in [-0.4, -0.2) is 112 Å². The van der Waals surface area contributed by atoms with Crippen LogP contribution in [0.5, 0.6) is 0 Å². The van der Waals surface area contributed by atoms with Crippen molar-refractivity contribution in [3.8, 4) is 0 Å². The summed E-state index contributed by atoms with van der Waals surface area (Å²) in [7, 11) is 0. The molecule has 0 radical (unpaired) electrons. The SMILES string of the molecule is C1CC2CC(C1)C2.C1CC2CC(C1)C2.C1CC2CCC(C1)C2.C1CC2CCC(C1)C2.C1CC2CCC1CN2.C1CC2CCCC(C1)C2.C1CC2CCCC(C1)C2.C1CCCCC1.C1CCCCC1.C1CCCCC1.C1CCNCC1.C1CCOCC1.C1CCOCC1.C1CCSCC1.C1CCSCC1.C1CCSCC1.CC1CCCCN1.CC1CCCCO1. The Bertz CT molecular complexity index is 1710. The molecule has 28 aliphatic rings. The molecule has 18 saturated carbocycles. The normalized spacial score (nSPS) is 34.5. The first-order valence-corrected chi connectivity index (χ1v) is 61.6. The molecule has 28 rings (SSSR count). The van der Waals surface area contributed by atoms with E-state index < -0.39 is 0 Å². The average molecular weight is 1790 g/mol. The molecule has 730 valence electrons. The number of hydrogen-bond donors (Lipinski definition) is 3. The number of nitrogens with one attached hydrogen (secondary N) is 3. The minimum atomic E-state index is 0.536. The molecule has 6 atom stereocenters. The number of hydrogen-bond acceptors (Lipinski definition) is 9. The van der Waals surface area contributed by atoms with Crippen molar-refractivity contribution in [3.05, 3.63) is 0 Å². The first kappa shape index (κ1) is 110. The average Bonchev–Trinajstić information content (AvgIpc) is 0.942. The van der Waals surface area contributed by atoms with Crippen LogP contribution in [0, 0.1) is 76.9 Å². The quantitative estimate of drug-likeness (QED) is 0.220. The highest BCUT2D eigenvalue weighted by Crippen LogP contribution is 2.47. The van der Waals surface area contributed by atoms with Gasteiger partial charge in [0, 0.05) is 45.1 Å². The van der Waals surface area contributed by atoms with Gasteiger partial charge in [0.05, 0.1) is 6.10 Å². The van der Waals surface area contributed by atoms with Crippen molar-refractivity contribution in [1.29, 1.82) is 0 Å². The summed E-state index contributed by atoms with van der Waals surface area (Å²) in [5.74, 6) is 23.5. The Morgan fingerprint density at radius 1 is 0.185 bits per heavy atom. The zero-order chi connectivity index (χ0) is 86.2. The van der Waals surface area contributed by atoms with E-state index in [0.717, 1.165) is 98.4 Å². The third-order valence-corrected chi connectivity index (χ3v) is 37.2. The van der Waals surface area contributed by atoms with Crippen LogP contribution in [0.3, 0.4) is 0 Å². The van der Waals surface area contributed by atoms with Crippen molar-refractivity contribution in [1.82, 2.24) is 16.0 Å². The maximum atomic E-state index is 5.28. The van der Waals surface area contributed by atoms with Crippen LogP contribution in [-0.2, 0) is 14.2 Å². The fourth-order valence-corrected chi connectivity index (χ4v) is 28.4. The second kappa shape index (κ2) is 77.9. The number of fused-ring (bicyclic) bond motifs is 15. The minimum Gasteiger partial charge on any atom is -0.381 e. The van der Waals surface area contributed by atoms with E-state index in [0.29, 0.717) is 6.10 Å². The molecule has 14 bridgehead atoms. The second-order valence-electron chi connectivity index (χ2n) is 45.1. The van der Waals surface area contributed by atoms with Crippen LogP contribution in [0.2, 0.25) is 0 Å². The van der Waals surface area contributed by atoms with Gasteiger partial charge in [0.2, 0.25) is 0 Å². The monoisotopic (exact) mass is 1790 g/mol. The highest BCUT2D eigenvalue weighted by atomic mass is 32.2. The summed E-state index contributed by atoms with van der Waals surface area (Å²) in [6, 6.07) is 1.69. The van der Waals surface area contributed by atoms with Crippen molar-refractivity contribution in [2.24, 2.45) is 76.9 Å². The van der Waals surface area contributed by atoms with Crippen LogP contribution in [0.25, 0.3) is 0 Å². The molecule has 3 N–H and O–H groups in total. The zero-order valence-corrected chi connectivity index (χ0v) is 86.2. The molecule has 18 aliphatic carbocycles. The van der Waals surface area contributed by atoms with Gasteiger partial charge in [0.15, 0.2) is 0 Å². The predicted octanol–water partition coefficient (Wildman–Crippen LogP) is 35.3. The van der Waals surface area contributed by atoms with Crippen molar-refractivity contribution in [3.63, 3.8) is 0 Å². The van der Waals surface area contributed by atoms with Gasteiger partial charge < -0.3 is 30.2 Å². The molecular formula is C115H219N3O3S3. The van der Waals surface area contributed by atoms with E-state index in [2.05, 4.69) is 65.1 Å². The van der Waals surface area contributed by atoms with E-state index in [1.54, 1.807) is 180 Å². The van der Waals surface area contributed by atoms with E-state index in [1.807, 2.05) is 0 Å². The standard InChI is InChI=1S/2C9H16.2C8H14.C7H13N.2C7H12.C6H13N.C6H12O.3C6H12.C5H11N.2C5H10O.3C5H10S/c2*1-3-8-5-2-6-9(4-1)7-8;2*1-2-7-4-5-8(3-1)6-7;1-3-7-4-2-6(1)5-8-7;2*1-2-6-4-7(3-1)5-6;2*1-6-4-2-3-5-7-6;9*1-2-4-6-5-3-1/h2*8-9H,1-7H2;2*7-8H,1-6H2;6-8H,1-5H2;2*6-7H,1-5H2;6-7H,2-5H2,1H3;6H,2-5H2,1H3;3*1-6H2;6H,1-5H2;5*1-5H2. The van der Waals surface area contributed by atoms with Gasteiger partial charge >= 0.3 is 0 Å². The van der Waals surface area contributed by atoms with Crippen LogP contribution in [0.15, 0.2) is 0 Å². The molecule has 10 aliphatic heterocycles. The topological polar surface area (TPSA) is 63.8 Å². The van der Waals surface area contributed by atoms with E-state index in [9.17, 15) is 0 Å². The Hall–Kier alpha value is 0.810. The van der Waals surface area contributed by atoms with Gasteiger partial charge in [-0.2, -0.15) is 35.3 Å². The van der Waals surface area contributed by atoms with Crippen LogP contribution >= 0.6 is 35.3 Å². The molecule has 124 heavy (non-hydrogen) atoms. The molecule has 0 aromatic rings. The molecular weight excluding hydrogens is 1570 g/mol. The summed E-state index contributed by atoms with van der Waals surface area (Å²) in [5.41, 5.74) is 0. The molecule has 0 spiro atoms. The molecule has 28 fully saturated rings. The first-order chi connectivity index (χ1) is 61.4. The number of piperidine rings is 4. The first-order valence-electron chi connectivity index (χ1n) is 58.1. The third-order valence-electron chi connectivity index (χ3n) is 33.7. The maximum absolute atomic E-state index is 5.28. The molecule has 6 nitrogen and oxygen atoms in total. The van der Waals surface area contributed by atoms with E-state index >= 15 is 0 Å². The molecule has 0 aromatic carbocycles. The highest BCUT2D eigenvalue weighted by Gasteiger charge is 2.34. The van der Waals surface area contributed by atoms with Gasteiger partial charge in [0.25, 0.3) is 0 Å². The van der Waals surface area contributed by atoms with Crippen LogP contribution < -0.4 is 16.0 Å². The lowest BCUT2D eigenvalue weighted by atomic mass is 9.65. The Kier molecular flexibility index (Phi) is 69.2. The Balaban J connectivity index is 0.000000163. The second-order valence-corrected chi connectivity index (χ2v) is 48.7. The van der Waals surface area contributed by atoms with Crippen molar-refractivity contribution in [2.75, 3.05) is 93.7 Å². The summed E-state index contributed by atoms with van der Waals surface area (Å²) in [6.45, 7) is 14.4. The van der Waals surface area contributed by atoms with Gasteiger partial charge in [-0.15, -0.1) is 0 Å². The molecule has 10 heterocycles. The van der Waals surface area contributed by atoms with E-state index in [-0.39, 0.29) is 0 Å². The highest BCUT2D eigenvalue weighted by molar-refractivity contribution is 7.99. The third kappa shape index (κ3) is 59.0. The predicted molar refractivity (Wildman–Crippen MR) is 555 cm³/mol. The van der Waals surface area contributed by atoms with Crippen LogP contribution in [0.4, 0.5) is 0 Å². The molecule has 10 saturated heterocycles. The van der Waals surface area contributed by atoms with Crippen LogP contribution in [0.1, 0.15) is 540 Å². The summed E-state index contributed by atoms with van der Waals surface area (Å²) in [4.78, 5) is 0. The van der Waals surface area contributed by atoms with Gasteiger partial charge in [0.1, 0.15) is 0 Å². The fraction of sp³-hybridized carbons (Fsp3) is 1.00. The molecule has 0 aromatic heterocycles. The smallest absolute Gasteiger partial charge is 0.0547 e. The largest absolute Gasteiger partial charge is 0.381 e. The minimum absolute atomic E-state index is 0.536. The Labute approximate surface area is 789 Å². The summed E-state index contributed by atoms with van der Waals surface area (Å²) in [5, 5.41) is 10.2. The lowest BCUT2D eigenvalue weighted by molar-refractivity contribution is 0.0285. The summed E-state index contributed by atoms with van der Waals surface area (Å²) in [6.07, 6.45) is 123. The lowest BCUT2D eigenvalue weighted by Gasteiger charge is -2.40. The van der Waals surface area contributed by atoms with Crippen molar-refractivity contribution in [2.45, 2.75) is 559 Å². The Morgan fingerprint density at radius 2 is 0.427 bits per heavy atom. The summed E-state index contributed by atoms with van der Waals surface area (Å²) >= 11 is 6.28. The van der Waals surface area contributed by atoms with Gasteiger partial charge in [-0.3, -0.25) is 0 Å². The maximum Gasteiger partial charge on any atom is 0.0547 e. The molecule has 6 unspecified atom stereocenters.